The molecule has 0 aromatic heterocycles. The first kappa shape index (κ1) is 14.2. The lowest BCUT2D eigenvalue weighted by Crippen LogP contribution is -2.30. The van der Waals surface area contributed by atoms with Crippen LogP contribution < -0.4 is 4.72 Å². The van der Waals surface area contributed by atoms with E-state index in [1.54, 1.807) is 38.1 Å². The quantitative estimate of drug-likeness (QED) is 0.866. The Hall–Kier alpha value is -1.20. The van der Waals surface area contributed by atoms with E-state index in [4.69, 9.17) is 0 Å². The molecule has 0 saturated heterocycles. The monoisotopic (exact) mass is 281 g/mol. The van der Waals surface area contributed by atoms with Gasteiger partial charge in [0.2, 0.25) is 10.0 Å². The van der Waals surface area contributed by atoms with Gasteiger partial charge in [-0.15, -0.1) is 0 Å². The Morgan fingerprint density at radius 2 is 1.84 bits per heavy atom. The number of ketones is 1. The van der Waals surface area contributed by atoms with E-state index in [1.165, 1.54) is 0 Å². The van der Waals surface area contributed by atoms with E-state index >= 15 is 0 Å². The highest BCUT2D eigenvalue weighted by Crippen LogP contribution is 2.31. The highest BCUT2D eigenvalue weighted by molar-refractivity contribution is 7.89. The topological polar surface area (TPSA) is 63.2 Å². The van der Waals surface area contributed by atoms with Crippen LogP contribution in [0.2, 0.25) is 0 Å². The summed E-state index contributed by atoms with van der Waals surface area (Å²) in [6.07, 6.45) is 2.41. The fourth-order valence-electron chi connectivity index (χ4n) is 1.92. The molecule has 19 heavy (non-hydrogen) atoms. The molecule has 1 aromatic carbocycles. The van der Waals surface area contributed by atoms with Gasteiger partial charge in [-0.25, -0.2) is 13.1 Å². The summed E-state index contributed by atoms with van der Waals surface area (Å²) in [5.74, 6) is 0.502. The first-order valence-electron chi connectivity index (χ1n) is 6.52. The Morgan fingerprint density at radius 3 is 2.32 bits per heavy atom. The summed E-state index contributed by atoms with van der Waals surface area (Å²) in [5, 5.41) is 0. The molecule has 1 aliphatic carbocycles. The smallest absolute Gasteiger partial charge is 0.240 e. The zero-order valence-corrected chi connectivity index (χ0v) is 12.0. The molecule has 0 atom stereocenters. The van der Waals surface area contributed by atoms with Gasteiger partial charge in [0.25, 0.3) is 0 Å². The predicted octanol–water partition coefficient (Wildman–Crippen LogP) is 1.89. The molecule has 4 nitrogen and oxygen atoms in total. The van der Waals surface area contributed by atoms with Crippen molar-refractivity contribution in [3.05, 3.63) is 29.8 Å². The Balaban J connectivity index is 2.07. The number of hydrogen-bond acceptors (Lipinski definition) is 3. The van der Waals surface area contributed by atoms with Crippen molar-refractivity contribution < 1.29 is 13.2 Å². The van der Waals surface area contributed by atoms with Crippen molar-refractivity contribution in [2.24, 2.45) is 5.92 Å². The third kappa shape index (κ3) is 3.88. The van der Waals surface area contributed by atoms with Crippen molar-refractivity contribution in [3.63, 3.8) is 0 Å². The normalized spacial score (nSPS) is 15.7. The van der Waals surface area contributed by atoms with Crippen LogP contribution in [0.15, 0.2) is 29.2 Å². The summed E-state index contributed by atoms with van der Waals surface area (Å²) < 4.78 is 26.4. The average molecular weight is 281 g/mol. The molecule has 1 N–H and O–H groups in total. The van der Waals surface area contributed by atoms with Crippen LogP contribution in [0.3, 0.4) is 0 Å². The van der Waals surface area contributed by atoms with Crippen LogP contribution in [0, 0.1) is 5.92 Å². The summed E-state index contributed by atoms with van der Waals surface area (Å²) in [5.41, 5.74) is 0.875. The highest BCUT2D eigenvalue weighted by atomic mass is 32.2. The molecule has 1 saturated carbocycles. The van der Waals surface area contributed by atoms with E-state index in [9.17, 15) is 13.2 Å². The summed E-state index contributed by atoms with van der Waals surface area (Å²) in [6, 6.07) is 6.41. The van der Waals surface area contributed by atoms with Gasteiger partial charge in [-0.2, -0.15) is 0 Å². The molecule has 0 bridgehead atoms. The molecule has 2 rings (SSSR count). The molecule has 1 fully saturated rings. The first-order valence-corrected chi connectivity index (χ1v) is 8.01. The van der Waals surface area contributed by atoms with Crippen LogP contribution in [-0.4, -0.2) is 20.2 Å². The second kappa shape index (κ2) is 5.43. The Kier molecular flexibility index (Phi) is 4.06. The lowest BCUT2D eigenvalue weighted by Gasteiger charge is -2.09. The van der Waals surface area contributed by atoms with E-state index < -0.39 is 10.0 Å². The van der Waals surface area contributed by atoms with Crippen LogP contribution in [0.25, 0.3) is 0 Å². The summed E-state index contributed by atoms with van der Waals surface area (Å²) >= 11 is 0. The highest BCUT2D eigenvalue weighted by Gasteiger charge is 2.29. The van der Waals surface area contributed by atoms with Gasteiger partial charge in [-0.05, 0) is 44.4 Å². The molecule has 5 heteroatoms. The first-order chi connectivity index (χ1) is 8.88. The van der Waals surface area contributed by atoms with Gasteiger partial charge in [-0.1, -0.05) is 12.1 Å². The molecule has 0 unspecified atom stereocenters. The molecular weight excluding hydrogens is 262 g/mol. The maximum absolute atomic E-state index is 11.9. The Bertz CT molecular complexity index is 557. The van der Waals surface area contributed by atoms with Crippen LogP contribution in [0.1, 0.15) is 32.3 Å². The number of carbonyl (C=O) groups is 1. The maximum atomic E-state index is 11.9. The fourth-order valence-corrected chi connectivity index (χ4v) is 3.17. The van der Waals surface area contributed by atoms with Crippen molar-refractivity contribution in [2.75, 3.05) is 0 Å². The van der Waals surface area contributed by atoms with Crippen LogP contribution >= 0.6 is 0 Å². The third-order valence-corrected chi connectivity index (χ3v) is 4.71. The molecule has 0 heterocycles. The number of Topliss-reactive ketones (excluding diaryl/α,β-unsaturated/α-hetero) is 1. The molecule has 0 radical (unpaired) electrons. The van der Waals surface area contributed by atoms with Gasteiger partial charge >= 0.3 is 0 Å². The zero-order chi connectivity index (χ0) is 14.0. The van der Waals surface area contributed by atoms with Crippen LogP contribution in [0.4, 0.5) is 0 Å². The van der Waals surface area contributed by atoms with Gasteiger partial charge in [0.1, 0.15) is 5.78 Å². The Labute approximate surface area is 114 Å². The predicted molar refractivity (Wildman–Crippen MR) is 73.3 cm³/mol. The summed E-state index contributed by atoms with van der Waals surface area (Å²) in [4.78, 5) is 11.9. The molecule has 1 aliphatic rings. The number of hydrogen-bond donors (Lipinski definition) is 1. The Morgan fingerprint density at radius 1 is 1.26 bits per heavy atom. The average Bonchev–Trinajstić information content (AvgIpc) is 3.11. The van der Waals surface area contributed by atoms with E-state index in [2.05, 4.69) is 4.72 Å². The SMILES string of the molecule is CC(C)NS(=O)(=O)c1ccc(CC(=O)C2CC2)cc1. The van der Waals surface area contributed by atoms with Crippen molar-refractivity contribution in [2.45, 2.75) is 44.0 Å². The molecule has 0 aliphatic heterocycles. The number of sulfonamides is 1. The lowest BCUT2D eigenvalue weighted by molar-refractivity contribution is -0.119. The van der Waals surface area contributed by atoms with E-state index in [1.807, 2.05) is 0 Å². The number of carbonyl (C=O) groups excluding carboxylic acids is 1. The standard InChI is InChI=1S/C14H19NO3S/c1-10(2)15-19(17,18)13-7-3-11(4-8-13)9-14(16)12-5-6-12/h3-4,7-8,10,12,15H,5-6,9H2,1-2H3. The van der Waals surface area contributed by atoms with Crippen LogP contribution in [0.5, 0.6) is 0 Å². The van der Waals surface area contributed by atoms with Crippen molar-refractivity contribution in [1.82, 2.24) is 4.72 Å². The minimum absolute atomic E-state index is 0.138. The van der Waals surface area contributed by atoms with E-state index in [0.29, 0.717) is 6.42 Å². The third-order valence-electron chi connectivity index (χ3n) is 3.04. The fraction of sp³-hybridized carbons (Fsp3) is 0.500. The van der Waals surface area contributed by atoms with Gasteiger partial charge in [0.15, 0.2) is 0 Å². The van der Waals surface area contributed by atoms with Crippen molar-refractivity contribution >= 4 is 15.8 Å². The van der Waals surface area contributed by atoms with Crippen molar-refractivity contribution in [3.8, 4) is 0 Å². The second-order valence-corrected chi connectivity index (χ2v) is 7.05. The molecular formula is C14H19NO3S. The molecule has 0 spiro atoms. The van der Waals surface area contributed by atoms with Crippen molar-refractivity contribution in [1.29, 1.82) is 0 Å². The summed E-state index contributed by atoms with van der Waals surface area (Å²) in [6.45, 7) is 3.56. The second-order valence-electron chi connectivity index (χ2n) is 5.34. The maximum Gasteiger partial charge on any atom is 0.240 e. The lowest BCUT2D eigenvalue weighted by atomic mass is 10.1. The number of nitrogens with one attached hydrogen (secondary N) is 1. The van der Waals surface area contributed by atoms with E-state index in [0.717, 1.165) is 18.4 Å². The minimum Gasteiger partial charge on any atom is -0.299 e. The van der Waals surface area contributed by atoms with Gasteiger partial charge < -0.3 is 0 Å². The van der Waals surface area contributed by atoms with Gasteiger partial charge in [0.05, 0.1) is 4.90 Å². The largest absolute Gasteiger partial charge is 0.299 e. The number of rotatable bonds is 6. The van der Waals surface area contributed by atoms with E-state index in [-0.39, 0.29) is 22.6 Å². The van der Waals surface area contributed by atoms with Crippen LogP contribution in [-0.2, 0) is 21.2 Å². The molecule has 1 aromatic rings. The van der Waals surface area contributed by atoms with Gasteiger partial charge in [0, 0.05) is 18.4 Å². The van der Waals surface area contributed by atoms with Gasteiger partial charge in [-0.3, -0.25) is 4.79 Å². The molecule has 104 valence electrons. The molecule has 0 amide bonds. The summed E-state index contributed by atoms with van der Waals surface area (Å²) in [7, 11) is -3.44. The number of benzene rings is 1. The minimum atomic E-state index is -3.44. The zero-order valence-electron chi connectivity index (χ0n) is 11.2.